The Morgan fingerprint density at radius 2 is 2.17 bits per heavy atom. The molecule has 1 aromatic carbocycles. The quantitative estimate of drug-likeness (QED) is 0.488. The summed E-state index contributed by atoms with van der Waals surface area (Å²) >= 11 is 0. The summed E-state index contributed by atoms with van der Waals surface area (Å²) in [6.07, 6.45) is 10.1. The molecule has 30 heavy (non-hydrogen) atoms. The normalized spacial score (nSPS) is 13.0. The molecule has 0 bridgehead atoms. The summed E-state index contributed by atoms with van der Waals surface area (Å²) in [5.41, 5.74) is 7.40. The van der Waals surface area contributed by atoms with Crippen molar-refractivity contribution in [2.45, 2.75) is 19.8 Å². The summed E-state index contributed by atoms with van der Waals surface area (Å²) in [5.74, 6) is -0.0470. The maximum absolute atomic E-state index is 13.4. The fourth-order valence-electron chi connectivity index (χ4n) is 2.82. The number of imidazole rings is 2. The number of benzene rings is 1. The maximum atomic E-state index is 13.4. The number of rotatable bonds is 4. The summed E-state index contributed by atoms with van der Waals surface area (Å²) in [4.78, 5) is 37.3. The van der Waals surface area contributed by atoms with Gasteiger partial charge in [0.25, 0.3) is 0 Å². The first kappa shape index (κ1) is 20.7. The zero-order valence-corrected chi connectivity index (χ0v) is 16.3. The molecular formula is C21H21FN6O2. The van der Waals surface area contributed by atoms with Gasteiger partial charge >= 0.3 is 0 Å². The first-order chi connectivity index (χ1) is 14.4. The van der Waals surface area contributed by atoms with Gasteiger partial charge in [0, 0.05) is 18.0 Å². The van der Waals surface area contributed by atoms with Gasteiger partial charge in [0.1, 0.15) is 11.3 Å². The molecule has 1 aliphatic rings. The number of halogens is 1. The largest absolute Gasteiger partial charge is 0.369 e. The molecule has 154 valence electrons. The Hall–Kier alpha value is -4.01. The van der Waals surface area contributed by atoms with Crippen molar-refractivity contribution in [1.29, 1.82) is 0 Å². The number of carbonyl (C=O) groups is 2. The minimum absolute atomic E-state index is 0.0473. The summed E-state index contributed by atoms with van der Waals surface area (Å²) in [7, 11) is 0. The lowest BCUT2D eigenvalue weighted by Crippen LogP contribution is -2.13. The highest BCUT2D eigenvalue weighted by atomic mass is 19.1. The van der Waals surface area contributed by atoms with Gasteiger partial charge in [0.15, 0.2) is 11.7 Å². The lowest BCUT2D eigenvalue weighted by molar-refractivity contribution is -0.115. The van der Waals surface area contributed by atoms with E-state index >= 15 is 0 Å². The molecule has 0 unspecified atom stereocenters. The highest BCUT2D eigenvalue weighted by Gasteiger charge is 2.13. The molecule has 5 N–H and O–H groups in total. The number of aromatic amines is 2. The second-order valence-corrected chi connectivity index (χ2v) is 6.49. The van der Waals surface area contributed by atoms with Crippen molar-refractivity contribution in [2.24, 2.45) is 0 Å². The number of nitrogens with two attached hydrogens (primary N) is 1. The third kappa shape index (κ3) is 5.51. The van der Waals surface area contributed by atoms with E-state index in [-0.39, 0.29) is 29.9 Å². The zero-order chi connectivity index (χ0) is 21.5. The molecular weight excluding hydrogens is 387 g/mol. The van der Waals surface area contributed by atoms with Crippen molar-refractivity contribution in [3.05, 3.63) is 71.9 Å². The number of para-hydroxylation sites is 1. The second kappa shape index (κ2) is 9.46. The van der Waals surface area contributed by atoms with Crippen molar-refractivity contribution in [1.82, 2.24) is 19.9 Å². The minimum atomic E-state index is -0.374. The van der Waals surface area contributed by atoms with Gasteiger partial charge in [0.05, 0.1) is 11.9 Å². The van der Waals surface area contributed by atoms with E-state index in [1.165, 1.54) is 19.1 Å². The van der Waals surface area contributed by atoms with Crippen LogP contribution in [0.4, 0.5) is 16.3 Å². The lowest BCUT2D eigenvalue weighted by atomic mass is 10.1. The first-order valence-corrected chi connectivity index (χ1v) is 9.19. The van der Waals surface area contributed by atoms with Crippen LogP contribution in [0.5, 0.6) is 0 Å². The molecule has 0 atom stereocenters. The summed E-state index contributed by atoms with van der Waals surface area (Å²) in [5, 5.41) is 2.65. The highest BCUT2D eigenvalue weighted by Crippen LogP contribution is 2.20. The van der Waals surface area contributed by atoms with Crippen LogP contribution in [0, 0.1) is 0 Å². The topological polar surface area (TPSA) is 130 Å². The number of amides is 1. The fourth-order valence-corrected chi connectivity index (χ4v) is 2.82. The number of anilines is 2. The number of H-pyrrole nitrogens is 2. The average molecular weight is 408 g/mol. The molecule has 1 aliphatic carbocycles. The van der Waals surface area contributed by atoms with Crippen LogP contribution in [0.15, 0.2) is 66.3 Å². The van der Waals surface area contributed by atoms with Gasteiger partial charge in [-0.25, -0.2) is 14.4 Å². The number of Topliss-reactive ketones (excluding diaryl/α,β-unsaturated/α-hetero) is 1. The van der Waals surface area contributed by atoms with E-state index in [0.717, 1.165) is 0 Å². The number of allylic oxidation sites excluding steroid dienone is 5. The van der Waals surface area contributed by atoms with Gasteiger partial charge in [-0.2, -0.15) is 0 Å². The third-order valence-electron chi connectivity index (χ3n) is 4.15. The molecule has 2 aromatic heterocycles. The van der Waals surface area contributed by atoms with E-state index < -0.39 is 0 Å². The van der Waals surface area contributed by atoms with Crippen LogP contribution in [0.3, 0.4) is 0 Å². The third-order valence-corrected chi connectivity index (χ3v) is 4.15. The molecule has 8 nitrogen and oxygen atoms in total. The molecule has 0 radical (unpaired) electrons. The smallest absolute Gasteiger partial charge is 0.231 e. The summed E-state index contributed by atoms with van der Waals surface area (Å²) < 4.78 is 13.4. The number of aromatic nitrogens is 4. The van der Waals surface area contributed by atoms with Crippen molar-refractivity contribution in [3.8, 4) is 0 Å². The van der Waals surface area contributed by atoms with E-state index in [1.54, 1.807) is 42.7 Å². The number of nitrogens with one attached hydrogen (secondary N) is 3. The van der Waals surface area contributed by atoms with Crippen LogP contribution in [0.25, 0.3) is 11.0 Å². The van der Waals surface area contributed by atoms with Crippen molar-refractivity contribution >= 4 is 34.6 Å². The molecule has 3 aromatic rings. The Kier molecular flexibility index (Phi) is 6.53. The molecule has 0 saturated heterocycles. The maximum Gasteiger partial charge on any atom is 0.231 e. The standard InChI is InChI=1S/C18H16FN3O2.C3H5N3/c1-11(23)14-7-4-8-15-17(14)22-18(20-15)21-16(24)10-12-5-2-3-6-13(19)9-12;4-3-5-1-2-6-3/h3-9H,2,10H2,1H3,(H2,20,21,22,24);1-2H,(H3,4,5,6). The van der Waals surface area contributed by atoms with Crippen molar-refractivity contribution in [2.75, 3.05) is 11.1 Å². The van der Waals surface area contributed by atoms with E-state index in [9.17, 15) is 14.0 Å². The Bertz CT molecular complexity index is 1140. The molecule has 9 heteroatoms. The number of fused-ring (bicyclic) bond motifs is 1. The van der Waals surface area contributed by atoms with Crippen molar-refractivity contribution < 1.29 is 14.0 Å². The van der Waals surface area contributed by atoms with Crippen molar-refractivity contribution in [3.63, 3.8) is 0 Å². The van der Waals surface area contributed by atoms with Crippen LogP contribution < -0.4 is 11.1 Å². The van der Waals surface area contributed by atoms with E-state index in [0.29, 0.717) is 34.5 Å². The first-order valence-electron chi connectivity index (χ1n) is 9.19. The number of ketones is 1. The van der Waals surface area contributed by atoms with Crippen LogP contribution in [0.2, 0.25) is 0 Å². The van der Waals surface area contributed by atoms with E-state index in [2.05, 4.69) is 25.3 Å². The monoisotopic (exact) mass is 408 g/mol. The van der Waals surface area contributed by atoms with Crippen LogP contribution in [0.1, 0.15) is 30.1 Å². The van der Waals surface area contributed by atoms with E-state index in [1.807, 2.05) is 0 Å². The number of carbonyl (C=O) groups excluding carboxylic acids is 2. The van der Waals surface area contributed by atoms with Gasteiger partial charge in [-0.05, 0) is 43.2 Å². The predicted molar refractivity (Wildman–Crippen MR) is 113 cm³/mol. The van der Waals surface area contributed by atoms with Crippen LogP contribution in [-0.4, -0.2) is 31.6 Å². The molecule has 0 saturated carbocycles. The Labute approximate surface area is 171 Å². The average Bonchev–Trinajstić information content (AvgIpc) is 3.28. The highest BCUT2D eigenvalue weighted by molar-refractivity contribution is 6.05. The minimum Gasteiger partial charge on any atom is -0.369 e. The summed E-state index contributed by atoms with van der Waals surface area (Å²) in [6.45, 7) is 1.47. The SMILES string of the molecule is CC(=O)c1cccc2[nH]c(NC(=O)CC3=CCC=CC(F)=C3)nc12.Nc1ncc[nH]1. The lowest BCUT2D eigenvalue weighted by Gasteiger charge is -2.02. The van der Waals surface area contributed by atoms with Crippen LogP contribution in [-0.2, 0) is 4.79 Å². The number of nitrogen functional groups attached to an aromatic ring is 1. The Morgan fingerprint density at radius 3 is 2.83 bits per heavy atom. The predicted octanol–water partition coefficient (Wildman–Crippen LogP) is 3.83. The van der Waals surface area contributed by atoms with Gasteiger partial charge in [0.2, 0.25) is 11.9 Å². The van der Waals surface area contributed by atoms with Gasteiger partial charge in [-0.15, -0.1) is 0 Å². The molecule has 4 rings (SSSR count). The number of hydrogen-bond acceptors (Lipinski definition) is 5. The summed E-state index contributed by atoms with van der Waals surface area (Å²) in [6, 6.07) is 5.22. The second-order valence-electron chi connectivity index (χ2n) is 6.49. The van der Waals surface area contributed by atoms with Gasteiger partial charge < -0.3 is 15.7 Å². The molecule has 0 fully saturated rings. The van der Waals surface area contributed by atoms with Crippen LogP contribution >= 0.6 is 0 Å². The molecule has 2 heterocycles. The number of hydrogen-bond donors (Lipinski definition) is 4. The van der Waals surface area contributed by atoms with E-state index in [4.69, 9.17) is 5.73 Å². The van der Waals surface area contributed by atoms with Gasteiger partial charge in [-0.3, -0.25) is 14.9 Å². The Balaban J connectivity index is 0.000000367. The molecule has 0 aliphatic heterocycles. The Morgan fingerprint density at radius 1 is 1.33 bits per heavy atom. The zero-order valence-electron chi connectivity index (χ0n) is 16.3. The molecule has 0 spiro atoms. The molecule has 1 amide bonds. The van der Waals surface area contributed by atoms with Gasteiger partial charge in [-0.1, -0.05) is 18.2 Å². The number of nitrogens with zero attached hydrogens (tertiary/aromatic N) is 2. The fraction of sp³-hybridized carbons (Fsp3) is 0.143.